The van der Waals surface area contributed by atoms with E-state index in [0.717, 1.165) is 19.9 Å². The molecule has 0 aromatic heterocycles. The molecule has 3 aromatic carbocycles. The second-order valence-electron chi connectivity index (χ2n) is 8.39. The fraction of sp³-hybridized carbons (Fsp3) is 0.231. The molecule has 0 bridgehead atoms. The van der Waals surface area contributed by atoms with Crippen molar-refractivity contribution in [3.05, 3.63) is 92.4 Å². The van der Waals surface area contributed by atoms with E-state index in [1.54, 1.807) is 19.1 Å². The van der Waals surface area contributed by atoms with Crippen LogP contribution in [0, 0.1) is 6.92 Å². The van der Waals surface area contributed by atoms with Crippen LogP contribution in [0.15, 0.2) is 76.1 Å². The average molecular weight is 627 g/mol. The lowest BCUT2D eigenvalue weighted by molar-refractivity contribution is -0.139. The molecule has 11 heteroatoms. The van der Waals surface area contributed by atoms with Crippen molar-refractivity contribution in [2.24, 2.45) is 0 Å². The summed E-state index contributed by atoms with van der Waals surface area (Å²) in [6.45, 7) is 2.94. The Kier molecular flexibility index (Phi) is 9.63. The molecule has 7 nitrogen and oxygen atoms in total. The van der Waals surface area contributed by atoms with E-state index in [1.807, 2.05) is 31.2 Å². The van der Waals surface area contributed by atoms with E-state index in [0.29, 0.717) is 0 Å². The molecule has 196 valence electrons. The first kappa shape index (κ1) is 29.0. The van der Waals surface area contributed by atoms with Gasteiger partial charge < -0.3 is 10.2 Å². The Morgan fingerprint density at radius 2 is 1.54 bits per heavy atom. The molecule has 0 saturated heterocycles. The van der Waals surface area contributed by atoms with Crippen molar-refractivity contribution in [2.45, 2.75) is 31.3 Å². The lowest BCUT2D eigenvalue weighted by Gasteiger charge is -2.32. The van der Waals surface area contributed by atoms with Crippen LogP contribution in [0.5, 0.6) is 0 Å². The van der Waals surface area contributed by atoms with E-state index >= 15 is 0 Å². The van der Waals surface area contributed by atoms with Crippen molar-refractivity contribution in [2.75, 3.05) is 17.9 Å². The zero-order valence-electron chi connectivity index (χ0n) is 20.4. The van der Waals surface area contributed by atoms with Crippen molar-refractivity contribution in [1.29, 1.82) is 0 Å². The first-order valence-electron chi connectivity index (χ1n) is 11.2. The summed E-state index contributed by atoms with van der Waals surface area (Å²) in [6.07, 6.45) is 0. The van der Waals surface area contributed by atoms with Gasteiger partial charge in [-0.2, -0.15) is 0 Å². The second kappa shape index (κ2) is 12.3. The molecule has 0 aliphatic heterocycles. The van der Waals surface area contributed by atoms with Crippen LogP contribution in [0.2, 0.25) is 10.0 Å². The normalized spacial score (nSPS) is 12.1. The maximum Gasteiger partial charge on any atom is 0.264 e. The Labute approximate surface area is 235 Å². The highest BCUT2D eigenvalue weighted by atomic mass is 79.9. The van der Waals surface area contributed by atoms with Crippen LogP contribution >= 0.6 is 39.1 Å². The van der Waals surface area contributed by atoms with E-state index in [-0.39, 0.29) is 33.1 Å². The van der Waals surface area contributed by atoms with E-state index in [2.05, 4.69) is 21.2 Å². The number of likely N-dealkylation sites (N-methyl/N-ethyl adjacent to an activating group) is 1. The number of benzene rings is 3. The minimum Gasteiger partial charge on any atom is -0.357 e. The van der Waals surface area contributed by atoms with Gasteiger partial charge in [0.15, 0.2) is 0 Å². The number of nitrogens with zero attached hydrogens (tertiary/aromatic N) is 2. The maximum atomic E-state index is 13.8. The fourth-order valence-electron chi connectivity index (χ4n) is 3.63. The number of nitrogens with one attached hydrogen (secondary N) is 1. The van der Waals surface area contributed by atoms with Gasteiger partial charge in [-0.05, 0) is 61.9 Å². The number of halogens is 3. The minimum atomic E-state index is -4.20. The fourth-order valence-corrected chi connectivity index (χ4v) is 5.80. The highest BCUT2D eigenvalue weighted by Gasteiger charge is 2.32. The zero-order valence-corrected chi connectivity index (χ0v) is 24.3. The first-order valence-corrected chi connectivity index (χ1v) is 14.2. The molecule has 0 unspecified atom stereocenters. The van der Waals surface area contributed by atoms with Crippen LogP contribution in [0.3, 0.4) is 0 Å². The summed E-state index contributed by atoms with van der Waals surface area (Å²) >= 11 is 15.7. The van der Waals surface area contributed by atoms with Crippen molar-refractivity contribution in [3.8, 4) is 0 Å². The molecule has 0 heterocycles. The molecular weight excluding hydrogens is 601 g/mol. The smallest absolute Gasteiger partial charge is 0.264 e. The van der Waals surface area contributed by atoms with Crippen molar-refractivity contribution in [1.82, 2.24) is 10.2 Å². The lowest BCUT2D eigenvalue weighted by atomic mass is 10.1. The number of carbonyl (C=O) groups is 2. The monoisotopic (exact) mass is 625 g/mol. The van der Waals surface area contributed by atoms with Gasteiger partial charge in [-0.15, -0.1) is 0 Å². The van der Waals surface area contributed by atoms with Crippen molar-refractivity contribution >= 4 is 66.7 Å². The van der Waals surface area contributed by atoms with Crippen LogP contribution in [-0.2, 0) is 26.2 Å². The molecule has 2 amide bonds. The maximum absolute atomic E-state index is 13.8. The van der Waals surface area contributed by atoms with Crippen LogP contribution < -0.4 is 9.62 Å². The third kappa shape index (κ3) is 7.25. The van der Waals surface area contributed by atoms with Crippen LogP contribution in [0.25, 0.3) is 0 Å². The topological polar surface area (TPSA) is 86.8 Å². The number of amides is 2. The van der Waals surface area contributed by atoms with Gasteiger partial charge in [0.1, 0.15) is 12.6 Å². The Balaban J connectivity index is 2.06. The van der Waals surface area contributed by atoms with Gasteiger partial charge in [-0.25, -0.2) is 8.42 Å². The minimum absolute atomic E-state index is 0.000747. The molecular formula is C26H26BrCl2N3O4S. The number of aryl methyl sites for hydroxylation is 1. The zero-order chi connectivity index (χ0) is 27.3. The number of hydrogen-bond acceptors (Lipinski definition) is 4. The quantitative estimate of drug-likeness (QED) is 0.344. The van der Waals surface area contributed by atoms with Crippen molar-refractivity contribution in [3.63, 3.8) is 0 Å². The summed E-state index contributed by atoms with van der Waals surface area (Å²) in [7, 11) is -2.73. The molecule has 3 rings (SSSR count). The molecule has 3 aromatic rings. The Morgan fingerprint density at radius 3 is 2.08 bits per heavy atom. The molecule has 0 spiro atoms. The molecule has 37 heavy (non-hydrogen) atoms. The summed E-state index contributed by atoms with van der Waals surface area (Å²) < 4.78 is 29.4. The predicted molar refractivity (Wildman–Crippen MR) is 150 cm³/mol. The summed E-state index contributed by atoms with van der Waals surface area (Å²) in [4.78, 5) is 27.6. The van der Waals surface area contributed by atoms with Gasteiger partial charge in [0.05, 0.1) is 10.6 Å². The summed E-state index contributed by atoms with van der Waals surface area (Å²) in [5.41, 5.74) is 1.78. The third-order valence-corrected chi connectivity index (χ3v) is 8.46. The molecule has 0 saturated carbocycles. The number of carbonyl (C=O) groups excluding carboxylic acids is 2. The molecule has 1 atom stereocenters. The molecule has 0 fully saturated rings. The average Bonchev–Trinajstić information content (AvgIpc) is 2.85. The highest BCUT2D eigenvalue weighted by molar-refractivity contribution is 9.10. The van der Waals surface area contributed by atoms with Crippen molar-refractivity contribution < 1.29 is 18.0 Å². The SMILES string of the molecule is CNC(=O)[C@@H](C)N(Cc1ccc(Br)cc1)C(=O)CN(c1cc(Cl)cc(Cl)c1)S(=O)(=O)c1ccc(C)cc1. The summed E-state index contributed by atoms with van der Waals surface area (Å²) in [5, 5.41) is 2.97. The first-order chi connectivity index (χ1) is 17.4. The van der Waals surface area contributed by atoms with Crippen LogP contribution in [0.1, 0.15) is 18.1 Å². The van der Waals surface area contributed by atoms with E-state index in [1.165, 1.54) is 42.3 Å². The van der Waals surface area contributed by atoms with E-state index in [9.17, 15) is 18.0 Å². The summed E-state index contributed by atoms with van der Waals surface area (Å²) in [5.74, 6) is -0.963. The molecule has 0 aliphatic carbocycles. The Hall–Kier alpha value is -2.59. The summed E-state index contributed by atoms with van der Waals surface area (Å²) in [6, 6.07) is 17.0. The van der Waals surface area contributed by atoms with Gasteiger partial charge >= 0.3 is 0 Å². The van der Waals surface area contributed by atoms with E-state index in [4.69, 9.17) is 23.2 Å². The van der Waals surface area contributed by atoms with Gasteiger partial charge in [-0.1, -0.05) is 69.0 Å². The molecule has 0 aliphatic rings. The van der Waals surface area contributed by atoms with Gasteiger partial charge in [0, 0.05) is 28.1 Å². The van der Waals surface area contributed by atoms with Gasteiger partial charge in [0.2, 0.25) is 11.8 Å². The third-order valence-electron chi connectivity index (χ3n) is 5.70. The van der Waals surface area contributed by atoms with Crippen LogP contribution in [-0.4, -0.2) is 44.8 Å². The second-order valence-corrected chi connectivity index (χ2v) is 12.0. The predicted octanol–water partition coefficient (Wildman–Crippen LogP) is 5.42. The van der Waals surface area contributed by atoms with E-state index < -0.39 is 28.5 Å². The number of rotatable bonds is 9. The highest BCUT2D eigenvalue weighted by Crippen LogP contribution is 2.30. The lowest BCUT2D eigenvalue weighted by Crippen LogP contribution is -2.50. The number of anilines is 1. The van der Waals surface area contributed by atoms with Gasteiger partial charge in [-0.3, -0.25) is 13.9 Å². The molecule has 0 radical (unpaired) electrons. The standard InChI is InChI=1S/C26H26BrCl2N3O4S/c1-17-4-10-24(11-5-17)37(35,36)32(23-13-21(28)12-22(29)14-23)16-25(33)31(18(2)26(34)30-3)15-19-6-8-20(27)9-7-19/h4-14,18H,15-16H2,1-3H3,(H,30,34)/t18-/m1/s1. The Morgan fingerprint density at radius 1 is 0.973 bits per heavy atom. The molecule has 1 N–H and O–H groups in total. The van der Waals surface area contributed by atoms with Gasteiger partial charge in [0.25, 0.3) is 10.0 Å². The largest absolute Gasteiger partial charge is 0.357 e. The number of hydrogen-bond donors (Lipinski definition) is 1. The van der Waals surface area contributed by atoms with Crippen LogP contribution in [0.4, 0.5) is 5.69 Å². The number of sulfonamides is 1. The Bertz CT molecular complexity index is 1360.